The van der Waals surface area contributed by atoms with Gasteiger partial charge in [-0.1, -0.05) is 24.3 Å². The number of furan rings is 1. The van der Waals surface area contributed by atoms with E-state index in [9.17, 15) is 9.59 Å². The van der Waals surface area contributed by atoms with Crippen molar-refractivity contribution in [3.63, 3.8) is 0 Å². The van der Waals surface area contributed by atoms with E-state index < -0.39 is 5.91 Å². The van der Waals surface area contributed by atoms with Gasteiger partial charge in [0.2, 0.25) is 0 Å². The molecule has 3 heterocycles. The predicted octanol–water partition coefficient (Wildman–Crippen LogP) is 3.95. The molecular weight excluding hydrogens is 386 g/mol. The maximum absolute atomic E-state index is 12.7. The van der Waals surface area contributed by atoms with Gasteiger partial charge in [-0.15, -0.1) is 11.3 Å². The number of hydrogen-bond donors (Lipinski definition) is 3. The molecule has 0 bridgehead atoms. The van der Waals surface area contributed by atoms with E-state index in [1.807, 2.05) is 41.9 Å². The number of benzene rings is 1. The fourth-order valence-electron chi connectivity index (χ4n) is 3.01. The fourth-order valence-corrected chi connectivity index (χ4v) is 3.67. The number of H-pyrrole nitrogens is 1. The third-order valence-corrected chi connectivity index (χ3v) is 5.24. The van der Waals surface area contributed by atoms with Crippen LogP contribution in [0.3, 0.4) is 0 Å². The van der Waals surface area contributed by atoms with E-state index in [4.69, 9.17) is 4.42 Å². The van der Waals surface area contributed by atoms with Gasteiger partial charge in [0.15, 0.2) is 5.76 Å². The Kier molecular flexibility index (Phi) is 5.58. The van der Waals surface area contributed by atoms with Crippen LogP contribution in [0.15, 0.2) is 76.5 Å². The van der Waals surface area contributed by atoms with Gasteiger partial charge in [0.1, 0.15) is 5.70 Å². The summed E-state index contributed by atoms with van der Waals surface area (Å²) in [6.07, 6.45) is 5.71. The van der Waals surface area contributed by atoms with Crippen molar-refractivity contribution in [1.82, 2.24) is 15.6 Å². The summed E-state index contributed by atoms with van der Waals surface area (Å²) in [5.41, 5.74) is 2.37. The average Bonchev–Trinajstić information content (AvgIpc) is 3.49. The maximum atomic E-state index is 12.7. The molecule has 0 unspecified atom stereocenters. The van der Waals surface area contributed by atoms with Crippen molar-refractivity contribution in [2.75, 3.05) is 6.54 Å². The molecule has 0 saturated heterocycles. The predicted molar refractivity (Wildman–Crippen MR) is 113 cm³/mol. The van der Waals surface area contributed by atoms with E-state index in [0.717, 1.165) is 21.3 Å². The van der Waals surface area contributed by atoms with Crippen molar-refractivity contribution >= 4 is 40.1 Å². The summed E-state index contributed by atoms with van der Waals surface area (Å²) in [7, 11) is 0. The van der Waals surface area contributed by atoms with Crippen LogP contribution in [0.4, 0.5) is 0 Å². The number of nitrogens with one attached hydrogen (secondary N) is 3. The second kappa shape index (κ2) is 8.62. The van der Waals surface area contributed by atoms with Crippen LogP contribution in [0.25, 0.3) is 17.0 Å². The standard InChI is InChI=1S/C22H19N3O3S/c26-21(23-10-9-15-14-24-18-7-2-1-6-17(15)18)19(13-16-5-4-12-29-16)25-22(27)20-8-3-11-28-20/h1-8,11-14,24H,9-10H2,(H,23,26)(H,25,27)/b19-13+. The first-order valence-electron chi connectivity index (χ1n) is 9.14. The Hall–Kier alpha value is -3.58. The van der Waals surface area contributed by atoms with Crippen molar-refractivity contribution < 1.29 is 14.0 Å². The monoisotopic (exact) mass is 405 g/mol. The zero-order valence-corrected chi connectivity index (χ0v) is 16.3. The summed E-state index contributed by atoms with van der Waals surface area (Å²) < 4.78 is 5.11. The topological polar surface area (TPSA) is 87.1 Å². The summed E-state index contributed by atoms with van der Waals surface area (Å²) in [6.45, 7) is 0.444. The minimum Gasteiger partial charge on any atom is -0.459 e. The summed E-state index contributed by atoms with van der Waals surface area (Å²) in [4.78, 5) is 29.2. The Morgan fingerprint density at radius 1 is 1.10 bits per heavy atom. The molecule has 146 valence electrons. The molecule has 0 aliphatic carbocycles. The molecule has 4 aromatic rings. The third kappa shape index (κ3) is 4.47. The van der Waals surface area contributed by atoms with Gasteiger partial charge in [0.25, 0.3) is 11.8 Å². The molecule has 0 fully saturated rings. The van der Waals surface area contributed by atoms with Gasteiger partial charge in [0, 0.05) is 28.5 Å². The lowest BCUT2D eigenvalue weighted by atomic mass is 10.1. The molecule has 4 rings (SSSR count). The fraction of sp³-hybridized carbons (Fsp3) is 0.0909. The van der Waals surface area contributed by atoms with Crippen LogP contribution in [-0.2, 0) is 11.2 Å². The van der Waals surface area contributed by atoms with Gasteiger partial charge in [-0.05, 0) is 47.7 Å². The molecule has 0 saturated carbocycles. The average molecular weight is 405 g/mol. The number of thiophene rings is 1. The number of fused-ring (bicyclic) bond motifs is 1. The Morgan fingerprint density at radius 3 is 2.79 bits per heavy atom. The highest BCUT2D eigenvalue weighted by molar-refractivity contribution is 7.10. The van der Waals surface area contributed by atoms with Crippen LogP contribution in [0.2, 0.25) is 0 Å². The number of para-hydroxylation sites is 1. The zero-order chi connectivity index (χ0) is 20.1. The molecule has 6 nitrogen and oxygen atoms in total. The van der Waals surface area contributed by atoms with Crippen molar-refractivity contribution in [1.29, 1.82) is 0 Å². The molecule has 0 spiro atoms. The van der Waals surface area contributed by atoms with Gasteiger partial charge in [-0.2, -0.15) is 0 Å². The van der Waals surface area contributed by atoms with Crippen molar-refractivity contribution in [3.8, 4) is 0 Å². The molecule has 0 atom stereocenters. The van der Waals surface area contributed by atoms with Gasteiger partial charge in [0.05, 0.1) is 6.26 Å². The summed E-state index contributed by atoms with van der Waals surface area (Å²) in [6, 6.07) is 15.0. The van der Waals surface area contributed by atoms with Gasteiger partial charge < -0.3 is 20.0 Å². The van der Waals surface area contributed by atoms with E-state index in [0.29, 0.717) is 13.0 Å². The van der Waals surface area contributed by atoms with Crippen molar-refractivity contribution in [2.45, 2.75) is 6.42 Å². The first-order chi connectivity index (χ1) is 14.2. The molecule has 0 aliphatic rings. The van der Waals surface area contributed by atoms with Crippen LogP contribution < -0.4 is 10.6 Å². The number of aromatic amines is 1. The molecule has 3 N–H and O–H groups in total. The zero-order valence-electron chi connectivity index (χ0n) is 15.5. The molecule has 2 amide bonds. The Labute approximate surface area is 171 Å². The lowest BCUT2D eigenvalue weighted by Crippen LogP contribution is -2.35. The Morgan fingerprint density at radius 2 is 2.00 bits per heavy atom. The summed E-state index contributed by atoms with van der Waals surface area (Å²) in [5, 5.41) is 8.59. The minimum absolute atomic E-state index is 0.147. The normalized spacial score (nSPS) is 11.5. The maximum Gasteiger partial charge on any atom is 0.291 e. The van der Waals surface area contributed by atoms with Gasteiger partial charge >= 0.3 is 0 Å². The van der Waals surface area contributed by atoms with Gasteiger partial charge in [-0.25, -0.2) is 0 Å². The number of hydrogen-bond acceptors (Lipinski definition) is 4. The van der Waals surface area contributed by atoms with Crippen LogP contribution in [-0.4, -0.2) is 23.3 Å². The Bertz CT molecular complexity index is 1140. The van der Waals surface area contributed by atoms with Crippen molar-refractivity contribution in [2.24, 2.45) is 0 Å². The second-order valence-corrected chi connectivity index (χ2v) is 7.35. The molecule has 1 aromatic carbocycles. The molecule has 0 radical (unpaired) electrons. The van der Waals surface area contributed by atoms with Gasteiger partial charge in [-0.3, -0.25) is 9.59 Å². The molecule has 7 heteroatoms. The first kappa shape index (κ1) is 18.8. The van der Waals surface area contributed by atoms with Crippen LogP contribution in [0.5, 0.6) is 0 Å². The SMILES string of the molecule is O=C(NCCc1c[nH]c2ccccc12)/C(=C\c1cccs1)NC(=O)c1ccco1. The largest absolute Gasteiger partial charge is 0.459 e. The number of aromatic nitrogens is 1. The van der Waals surface area contributed by atoms with E-state index >= 15 is 0 Å². The van der Waals surface area contributed by atoms with Crippen LogP contribution in [0, 0.1) is 0 Å². The highest BCUT2D eigenvalue weighted by Crippen LogP contribution is 2.18. The lowest BCUT2D eigenvalue weighted by Gasteiger charge is -2.10. The number of amides is 2. The van der Waals surface area contributed by atoms with Crippen LogP contribution in [0.1, 0.15) is 21.0 Å². The molecule has 29 heavy (non-hydrogen) atoms. The first-order valence-corrected chi connectivity index (χ1v) is 10.0. The highest BCUT2D eigenvalue weighted by Gasteiger charge is 2.16. The minimum atomic E-state index is -0.468. The Balaban J connectivity index is 1.44. The number of rotatable bonds is 7. The number of carbonyl (C=O) groups is 2. The smallest absolute Gasteiger partial charge is 0.291 e. The third-order valence-electron chi connectivity index (χ3n) is 4.42. The summed E-state index contributed by atoms with van der Waals surface area (Å²) >= 11 is 1.48. The highest BCUT2D eigenvalue weighted by atomic mass is 32.1. The van der Waals surface area contributed by atoms with E-state index in [1.165, 1.54) is 17.6 Å². The molecule has 3 aromatic heterocycles. The van der Waals surface area contributed by atoms with E-state index in [1.54, 1.807) is 18.2 Å². The molecule has 0 aliphatic heterocycles. The lowest BCUT2D eigenvalue weighted by molar-refractivity contribution is -0.117. The summed E-state index contributed by atoms with van der Waals surface area (Å²) in [5.74, 6) is -0.670. The number of carbonyl (C=O) groups excluding carboxylic acids is 2. The quantitative estimate of drug-likeness (QED) is 0.407. The van der Waals surface area contributed by atoms with Crippen molar-refractivity contribution in [3.05, 3.63) is 88.3 Å². The van der Waals surface area contributed by atoms with E-state index in [-0.39, 0.29) is 17.4 Å². The molecular formula is C22H19N3O3S. The second-order valence-electron chi connectivity index (χ2n) is 6.37. The van der Waals surface area contributed by atoms with Crippen LogP contribution >= 0.6 is 11.3 Å². The van der Waals surface area contributed by atoms with E-state index in [2.05, 4.69) is 21.7 Å².